The molecule has 1 aromatic carbocycles. The molecule has 0 saturated carbocycles. The molecule has 0 amide bonds. The van der Waals surface area contributed by atoms with Gasteiger partial charge in [0, 0.05) is 19.0 Å². The second-order valence-corrected chi connectivity index (χ2v) is 6.20. The van der Waals surface area contributed by atoms with Crippen LogP contribution in [-0.2, 0) is 15.1 Å². The lowest BCUT2D eigenvalue weighted by molar-refractivity contribution is 0.143. The van der Waals surface area contributed by atoms with E-state index < -0.39 is 0 Å². The molecule has 1 aliphatic heterocycles. The average molecular weight is 326 g/mol. The lowest BCUT2D eigenvalue weighted by atomic mass is 9.78. The summed E-state index contributed by atoms with van der Waals surface area (Å²) in [5.41, 5.74) is 3.87. The van der Waals surface area contributed by atoms with E-state index >= 15 is 0 Å². The van der Waals surface area contributed by atoms with E-state index in [1.807, 2.05) is 0 Å². The fraction of sp³-hybridized carbons (Fsp3) is 0.267. The third-order valence-electron chi connectivity index (χ3n) is 3.64. The molecular weight excluding hydrogens is 311 g/mol. The van der Waals surface area contributed by atoms with E-state index in [9.17, 15) is 0 Å². The molecule has 0 aliphatic carbocycles. The zero-order valence-electron chi connectivity index (χ0n) is 12.4. The van der Waals surface area contributed by atoms with Gasteiger partial charge >= 0.3 is 7.12 Å². The number of rotatable bonds is 4. The number of nitrogens with zero attached hydrogens (tertiary/aromatic N) is 3. The van der Waals surface area contributed by atoms with Crippen molar-refractivity contribution in [3.8, 4) is 0 Å². The van der Waals surface area contributed by atoms with E-state index in [4.69, 9.17) is 9.31 Å². The maximum absolute atomic E-state index is 5.62. The van der Waals surface area contributed by atoms with Crippen LogP contribution >= 0.6 is 11.8 Å². The quantitative estimate of drug-likeness (QED) is 0.448. The second-order valence-electron chi connectivity index (χ2n) is 5.24. The fourth-order valence-corrected chi connectivity index (χ4v) is 3.35. The van der Waals surface area contributed by atoms with Gasteiger partial charge in [0.1, 0.15) is 16.9 Å². The predicted molar refractivity (Wildman–Crippen MR) is 89.6 cm³/mol. The maximum atomic E-state index is 5.62. The molecule has 1 saturated heterocycles. The Labute approximate surface area is 138 Å². The van der Waals surface area contributed by atoms with Gasteiger partial charge in [-0.05, 0) is 17.4 Å². The first-order valence-electron chi connectivity index (χ1n) is 7.49. The van der Waals surface area contributed by atoms with Gasteiger partial charge in [0.2, 0.25) is 0 Å². The van der Waals surface area contributed by atoms with Crippen LogP contribution in [0.3, 0.4) is 0 Å². The van der Waals surface area contributed by atoms with Crippen LogP contribution in [0.4, 0.5) is 0 Å². The van der Waals surface area contributed by atoms with E-state index in [1.54, 1.807) is 24.4 Å². The summed E-state index contributed by atoms with van der Waals surface area (Å²) in [6.07, 6.45) is 4.16. The third-order valence-corrected chi connectivity index (χ3v) is 4.69. The van der Waals surface area contributed by atoms with Gasteiger partial charge in [0.05, 0.1) is 6.33 Å². The fourth-order valence-electron chi connectivity index (χ4n) is 2.45. The largest absolute Gasteiger partial charge is 0.493 e. The second kappa shape index (κ2) is 6.70. The topological polar surface area (TPSA) is 72.9 Å². The van der Waals surface area contributed by atoms with Gasteiger partial charge in [-0.1, -0.05) is 36.0 Å². The molecule has 8 heteroatoms. The number of aromatic amines is 1. The summed E-state index contributed by atoms with van der Waals surface area (Å²) >= 11 is 1.65. The summed E-state index contributed by atoms with van der Waals surface area (Å²) in [6, 6.07) is 8.34. The van der Waals surface area contributed by atoms with Crippen LogP contribution in [0.1, 0.15) is 12.0 Å². The van der Waals surface area contributed by atoms with E-state index in [-0.39, 0.29) is 7.12 Å². The van der Waals surface area contributed by atoms with Crippen molar-refractivity contribution in [2.45, 2.75) is 17.2 Å². The molecule has 0 atom stereocenters. The molecule has 1 fully saturated rings. The molecule has 3 heterocycles. The molecule has 23 heavy (non-hydrogen) atoms. The number of benzene rings is 1. The smallest absolute Gasteiger partial charge is 0.407 e. The van der Waals surface area contributed by atoms with Gasteiger partial charge < -0.3 is 14.3 Å². The summed E-state index contributed by atoms with van der Waals surface area (Å²) in [5, 5.41) is 0.888. The van der Waals surface area contributed by atoms with Gasteiger partial charge in [-0.25, -0.2) is 15.0 Å². The Morgan fingerprint density at radius 2 is 1.91 bits per heavy atom. The Balaban J connectivity index is 1.44. The number of aromatic nitrogens is 4. The number of fused-ring (bicyclic) bond motifs is 1. The highest BCUT2D eigenvalue weighted by molar-refractivity contribution is 7.98. The zero-order valence-corrected chi connectivity index (χ0v) is 13.3. The van der Waals surface area contributed by atoms with E-state index in [0.29, 0.717) is 0 Å². The van der Waals surface area contributed by atoms with Crippen molar-refractivity contribution in [1.29, 1.82) is 0 Å². The number of imidazole rings is 1. The van der Waals surface area contributed by atoms with Gasteiger partial charge in [0.25, 0.3) is 0 Å². The average Bonchev–Trinajstić information content (AvgIpc) is 3.10. The van der Waals surface area contributed by atoms with Gasteiger partial charge in [-0.3, -0.25) is 0 Å². The predicted octanol–water partition coefficient (Wildman–Crippen LogP) is 1.78. The first-order valence-corrected chi connectivity index (χ1v) is 8.47. The van der Waals surface area contributed by atoms with Gasteiger partial charge in [-0.15, -0.1) is 0 Å². The molecule has 116 valence electrons. The molecule has 1 N–H and O–H groups in total. The van der Waals surface area contributed by atoms with Crippen LogP contribution in [0.5, 0.6) is 0 Å². The summed E-state index contributed by atoms with van der Waals surface area (Å²) < 4.78 is 11.2. The van der Waals surface area contributed by atoms with E-state index in [0.717, 1.165) is 47.0 Å². The minimum atomic E-state index is -0.226. The zero-order chi connectivity index (χ0) is 15.5. The lowest BCUT2D eigenvalue weighted by Gasteiger charge is -2.19. The summed E-state index contributed by atoms with van der Waals surface area (Å²) in [7, 11) is -0.226. The summed E-state index contributed by atoms with van der Waals surface area (Å²) in [5.74, 6) is 0.825. The molecule has 3 aromatic rings. The van der Waals surface area contributed by atoms with Crippen molar-refractivity contribution in [2.24, 2.45) is 0 Å². The molecule has 1 aliphatic rings. The molecule has 0 bridgehead atoms. The monoisotopic (exact) mass is 326 g/mol. The Morgan fingerprint density at radius 1 is 1.09 bits per heavy atom. The van der Waals surface area contributed by atoms with Crippen molar-refractivity contribution in [3.63, 3.8) is 0 Å². The van der Waals surface area contributed by atoms with Crippen molar-refractivity contribution in [1.82, 2.24) is 19.9 Å². The molecule has 0 radical (unpaired) electrons. The number of hydrogen-bond acceptors (Lipinski definition) is 6. The third kappa shape index (κ3) is 3.24. The molecule has 0 unspecified atom stereocenters. The van der Waals surface area contributed by atoms with Crippen LogP contribution in [-0.4, -0.2) is 40.3 Å². The summed E-state index contributed by atoms with van der Waals surface area (Å²) in [4.78, 5) is 15.7. The first-order chi connectivity index (χ1) is 11.4. The Bertz CT molecular complexity index is 790. The lowest BCUT2D eigenvalue weighted by Crippen LogP contribution is -2.40. The highest BCUT2D eigenvalue weighted by atomic mass is 32.2. The first kappa shape index (κ1) is 14.7. The minimum absolute atomic E-state index is 0.226. The van der Waals surface area contributed by atoms with Crippen LogP contribution in [0.15, 0.2) is 41.9 Å². The van der Waals surface area contributed by atoms with Gasteiger partial charge in [0.15, 0.2) is 5.65 Å². The number of hydrogen-bond donors (Lipinski definition) is 1. The SMILES string of the molecule is c1nc(SCc2ccc(B3OCCCO3)cc2)c2nc[nH]c2n1. The Kier molecular flexibility index (Phi) is 4.27. The Morgan fingerprint density at radius 3 is 2.74 bits per heavy atom. The molecular formula is C15H15BN4O2S. The van der Waals surface area contributed by atoms with Crippen molar-refractivity contribution in [2.75, 3.05) is 13.2 Å². The van der Waals surface area contributed by atoms with Crippen LogP contribution in [0, 0.1) is 0 Å². The van der Waals surface area contributed by atoms with Crippen molar-refractivity contribution < 1.29 is 9.31 Å². The minimum Gasteiger partial charge on any atom is -0.407 e. The van der Waals surface area contributed by atoms with Crippen LogP contribution in [0.2, 0.25) is 0 Å². The normalized spacial score (nSPS) is 15.2. The number of thioether (sulfide) groups is 1. The Hall–Kier alpha value is -1.90. The molecule has 6 nitrogen and oxygen atoms in total. The highest BCUT2D eigenvalue weighted by Gasteiger charge is 2.23. The van der Waals surface area contributed by atoms with Crippen LogP contribution in [0.25, 0.3) is 11.2 Å². The molecule has 0 spiro atoms. The van der Waals surface area contributed by atoms with Crippen molar-refractivity contribution in [3.05, 3.63) is 42.5 Å². The highest BCUT2D eigenvalue weighted by Crippen LogP contribution is 2.25. The molecule has 2 aromatic heterocycles. The van der Waals surface area contributed by atoms with Crippen LogP contribution < -0.4 is 5.46 Å². The number of nitrogens with one attached hydrogen (secondary N) is 1. The van der Waals surface area contributed by atoms with Gasteiger partial charge in [-0.2, -0.15) is 0 Å². The standard InChI is InChI=1S/C15H15BN4O2S/c1-6-21-16(22-7-1)12-4-2-11(3-5-12)8-23-15-13-14(18-9-17-13)19-10-20-15/h2-5,9-10H,1,6-8H2,(H,17,18,19,20). The van der Waals surface area contributed by atoms with E-state index in [2.05, 4.69) is 44.2 Å². The maximum Gasteiger partial charge on any atom is 0.493 e. The number of H-pyrrole nitrogens is 1. The van der Waals surface area contributed by atoms with E-state index in [1.165, 1.54) is 5.56 Å². The molecule has 4 rings (SSSR count). The van der Waals surface area contributed by atoms with Crippen molar-refractivity contribution >= 4 is 35.5 Å². The summed E-state index contributed by atoms with van der Waals surface area (Å²) in [6.45, 7) is 1.52.